The van der Waals surface area contributed by atoms with Gasteiger partial charge in [0.1, 0.15) is 0 Å². The summed E-state index contributed by atoms with van der Waals surface area (Å²) in [5.41, 5.74) is 3.54. The molecule has 2 fully saturated rings. The molecule has 2 aromatic rings. The van der Waals surface area contributed by atoms with E-state index < -0.39 is 0 Å². The van der Waals surface area contributed by atoms with Crippen molar-refractivity contribution in [2.45, 2.75) is 31.7 Å². The largest absolute Gasteiger partial charge is 0.354 e. The minimum Gasteiger partial charge on any atom is -0.354 e. The smallest absolute Gasteiger partial charge is 0.225 e. The van der Waals surface area contributed by atoms with Crippen LogP contribution < -0.4 is 5.32 Å². The fraction of sp³-hybridized carbons (Fsp3) is 0.474. The van der Waals surface area contributed by atoms with E-state index in [0.717, 1.165) is 11.1 Å². The van der Waals surface area contributed by atoms with Gasteiger partial charge < -0.3 is 10.2 Å². The number of pyridine rings is 1. The van der Waals surface area contributed by atoms with E-state index in [1.807, 2.05) is 23.0 Å². The molecule has 7 heteroatoms. The molecule has 1 atom stereocenters. The van der Waals surface area contributed by atoms with Crippen molar-refractivity contribution in [1.82, 2.24) is 25.0 Å². The number of likely N-dealkylation sites (tertiary alicyclic amines) is 1. The Bertz CT molecular complexity index is 813. The predicted octanol–water partition coefficient (Wildman–Crippen LogP) is 1.42. The van der Waals surface area contributed by atoms with Gasteiger partial charge in [0.25, 0.3) is 0 Å². The number of rotatable bonds is 6. The maximum absolute atomic E-state index is 12.3. The van der Waals surface area contributed by atoms with Gasteiger partial charge in [-0.3, -0.25) is 19.3 Å². The highest BCUT2D eigenvalue weighted by atomic mass is 16.2. The SMILES string of the molecule is CN1CC(C(=O)NCCn2ncc(-c3ccncc3)c2C2CC2)CC1=O. The van der Waals surface area contributed by atoms with Crippen LogP contribution in [0.2, 0.25) is 0 Å². The second-order valence-corrected chi connectivity index (χ2v) is 7.14. The summed E-state index contributed by atoms with van der Waals surface area (Å²) in [6, 6.07) is 4.01. The molecule has 2 amide bonds. The van der Waals surface area contributed by atoms with Crippen molar-refractivity contribution in [2.24, 2.45) is 5.92 Å². The Balaban J connectivity index is 1.40. The monoisotopic (exact) mass is 353 g/mol. The average molecular weight is 353 g/mol. The molecule has 1 saturated carbocycles. The Kier molecular flexibility index (Phi) is 4.44. The molecule has 2 aliphatic rings. The molecular formula is C19H23N5O2. The Hall–Kier alpha value is -2.70. The first-order valence-electron chi connectivity index (χ1n) is 9.11. The Morgan fingerprint density at radius 3 is 2.73 bits per heavy atom. The van der Waals surface area contributed by atoms with Crippen LogP contribution in [-0.4, -0.2) is 51.6 Å². The van der Waals surface area contributed by atoms with Crippen LogP contribution in [-0.2, 0) is 16.1 Å². The van der Waals surface area contributed by atoms with Crippen molar-refractivity contribution in [3.8, 4) is 11.1 Å². The molecule has 136 valence electrons. The molecule has 0 aromatic carbocycles. The van der Waals surface area contributed by atoms with Gasteiger partial charge in [0.2, 0.25) is 11.8 Å². The quantitative estimate of drug-likeness (QED) is 0.852. The fourth-order valence-electron chi connectivity index (χ4n) is 3.58. The molecular weight excluding hydrogens is 330 g/mol. The zero-order chi connectivity index (χ0) is 18.1. The van der Waals surface area contributed by atoms with Crippen molar-refractivity contribution >= 4 is 11.8 Å². The lowest BCUT2D eigenvalue weighted by Crippen LogP contribution is -2.34. The van der Waals surface area contributed by atoms with Crippen LogP contribution >= 0.6 is 0 Å². The zero-order valence-corrected chi connectivity index (χ0v) is 14.9. The lowest BCUT2D eigenvalue weighted by molar-refractivity contribution is -0.128. The number of hydrogen-bond acceptors (Lipinski definition) is 4. The summed E-state index contributed by atoms with van der Waals surface area (Å²) in [6.45, 7) is 1.66. The normalized spacial score (nSPS) is 19.8. The maximum atomic E-state index is 12.3. The number of nitrogens with zero attached hydrogens (tertiary/aromatic N) is 4. The van der Waals surface area contributed by atoms with Gasteiger partial charge >= 0.3 is 0 Å². The summed E-state index contributed by atoms with van der Waals surface area (Å²) in [5, 5.41) is 7.52. The Morgan fingerprint density at radius 2 is 2.08 bits per heavy atom. The van der Waals surface area contributed by atoms with Gasteiger partial charge in [0, 0.05) is 56.1 Å². The molecule has 0 spiro atoms. The van der Waals surface area contributed by atoms with Gasteiger partial charge in [-0.15, -0.1) is 0 Å². The van der Waals surface area contributed by atoms with E-state index >= 15 is 0 Å². The molecule has 4 rings (SSSR count). The first-order chi connectivity index (χ1) is 12.6. The summed E-state index contributed by atoms with van der Waals surface area (Å²) in [7, 11) is 1.74. The van der Waals surface area contributed by atoms with Crippen molar-refractivity contribution < 1.29 is 9.59 Å². The molecule has 1 aliphatic heterocycles. The van der Waals surface area contributed by atoms with Gasteiger partial charge in [-0.25, -0.2) is 0 Å². The predicted molar refractivity (Wildman–Crippen MR) is 96.2 cm³/mol. The Morgan fingerprint density at radius 1 is 1.31 bits per heavy atom. The minimum atomic E-state index is -0.236. The molecule has 1 unspecified atom stereocenters. The van der Waals surface area contributed by atoms with Crippen LogP contribution in [0.4, 0.5) is 0 Å². The number of carbonyl (C=O) groups is 2. The van der Waals surface area contributed by atoms with Crippen molar-refractivity contribution in [3.63, 3.8) is 0 Å². The van der Waals surface area contributed by atoms with E-state index in [1.165, 1.54) is 18.5 Å². The highest BCUT2D eigenvalue weighted by Gasteiger charge is 2.32. The third-order valence-corrected chi connectivity index (χ3v) is 5.17. The number of nitrogens with one attached hydrogen (secondary N) is 1. The maximum Gasteiger partial charge on any atom is 0.225 e. The molecule has 3 heterocycles. The molecule has 26 heavy (non-hydrogen) atoms. The fourth-order valence-corrected chi connectivity index (χ4v) is 3.58. The third kappa shape index (κ3) is 3.34. The third-order valence-electron chi connectivity index (χ3n) is 5.17. The zero-order valence-electron chi connectivity index (χ0n) is 14.9. The molecule has 0 bridgehead atoms. The van der Waals surface area contributed by atoms with Gasteiger partial charge in [-0.1, -0.05) is 0 Å². The summed E-state index contributed by atoms with van der Waals surface area (Å²) in [6.07, 6.45) is 8.19. The highest BCUT2D eigenvalue weighted by Crippen LogP contribution is 2.44. The van der Waals surface area contributed by atoms with Crippen molar-refractivity contribution in [3.05, 3.63) is 36.4 Å². The van der Waals surface area contributed by atoms with Crippen LogP contribution in [0.1, 0.15) is 30.9 Å². The van der Waals surface area contributed by atoms with Crippen molar-refractivity contribution in [2.75, 3.05) is 20.1 Å². The number of carbonyl (C=O) groups excluding carboxylic acids is 2. The standard InChI is InChI=1S/C19H23N5O2/c1-23-12-15(10-17(23)25)19(26)21-8-9-24-18(14-2-3-14)16(11-22-24)13-4-6-20-7-5-13/h4-7,11,14-15H,2-3,8-10,12H2,1H3,(H,21,26). The van der Waals surface area contributed by atoms with E-state index in [4.69, 9.17) is 0 Å². The van der Waals surface area contributed by atoms with E-state index in [1.54, 1.807) is 24.3 Å². The second kappa shape index (κ2) is 6.90. The molecule has 2 aromatic heterocycles. The molecule has 1 aliphatic carbocycles. The summed E-state index contributed by atoms with van der Waals surface area (Å²) < 4.78 is 2.01. The van der Waals surface area contributed by atoms with Gasteiger partial charge in [0.15, 0.2) is 0 Å². The van der Waals surface area contributed by atoms with Crippen LogP contribution in [0.25, 0.3) is 11.1 Å². The molecule has 0 radical (unpaired) electrons. The highest BCUT2D eigenvalue weighted by molar-refractivity contribution is 5.89. The lowest BCUT2D eigenvalue weighted by Gasteiger charge is -2.13. The topological polar surface area (TPSA) is 80.1 Å². The van der Waals surface area contributed by atoms with E-state index in [0.29, 0.717) is 32.0 Å². The first kappa shape index (κ1) is 16.8. The van der Waals surface area contributed by atoms with Crippen LogP contribution in [0.15, 0.2) is 30.7 Å². The van der Waals surface area contributed by atoms with E-state index in [2.05, 4.69) is 15.4 Å². The molecule has 1 saturated heterocycles. The molecule has 1 N–H and O–H groups in total. The lowest BCUT2D eigenvalue weighted by atomic mass is 10.1. The number of hydrogen-bond donors (Lipinski definition) is 1. The van der Waals surface area contributed by atoms with Gasteiger partial charge in [-0.2, -0.15) is 5.10 Å². The van der Waals surface area contributed by atoms with E-state index in [9.17, 15) is 9.59 Å². The second-order valence-electron chi connectivity index (χ2n) is 7.14. The van der Waals surface area contributed by atoms with Crippen LogP contribution in [0.5, 0.6) is 0 Å². The summed E-state index contributed by atoms with van der Waals surface area (Å²) >= 11 is 0. The first-order valence-corrected chi connectivity index (χ1v) is 9.11. The summed E-state index contributed by atoms with van der Waals surface area (Å²) in [5.74, 6) is 0.310. The minimum absolute atomic E-state index is 0.0373. The van der Waals surface area contributed by atoms with Crippen LogP contribution in [0.3, 0.4) is 0 Å². The molecule has 7 nitrogen and oxygen atoms in total. The van der Waals surface area contributed by atoms with E-state index in [-0.39, 0.29) is 17.7 Å². The summed E-state index contributed by atoms with van der Waals surface area (Å²) in [4.78, 5) is 29.5. The number of amides is 2. The Labute approximate surface area is 152 Å². The van der Waals surface area contributed by atoms with Gasteiger partial charge in [-0.05, 0) is 30.5 Å². The number of aromatic nitrogens is 3. The average Bonchev–Trinajstić information content (AvgIpc) is 3.32. The van der Waals surface area contributed by atoms with Crippen molar-refractivity contribution in [1.29, 1.82) is 0 Å². The van der Waals surface area contributed by atoms with Crippen LogP contribution in [0, 0.1) is 5.92 Å². The van der Waals surface area contributed by atoms with Gasteiger partial charge in [0.05, 0.1) is 18.7 Å².